The summed E-state index contributed by atoms with van der Waals surface area (Å²) in [6.45, 7) is 0.510. The first-order chi connectivity index (χ1) is 9.61. The molecule has 0 saturated heterocycles. The maximum atomic E-state index is 12.3. The Hall–Kier alpha value is -1.94. The lowest BCUT2D eigenvalue weighted by molar-refractivity contribution is 0.0785. The van der Waals surface area contributed by atoms with Gasteiger partial charge in [-0.2, -0.15) is 0 Å². The monoisotopic (exact) mass is 286 g/mol. The number of hydrogen-bond acceptors (Lipinski definition) is 3. The zero-order valence-electron chi connectivity index (χ0n) is 11.7. The number of thioether (sulfide) groups is 1. The van der Waals surface area contributed by atoms with E-state index in [2.05, 4.69) is 0 Å². The molecule has 2 aromatic rings. The molecule has 0 unspecified atom stereocenters. The molecule has 2 rings (SSSR count). The molecule has 2 aromatic carbocycles. The van der Waals surface area contributed by atoms with Gasteiger partial charge in [0.15, 0.2) is 0 Å². The molecule has 1 amide bonds. The van der Waals surface area contributed by atoms with Crippen molar-refractivity contribution in [3.05, 3.63) is 59.7 Å². The third kappa shape index (κ3) is 3.33. The van der Waals surface area contributed by atoms with Crippen molar-refractivity contribution < 1.29 is 4.79 Å². The van der Waals surface area contributed by atoms with Crippen molar-refractivity contribution in [3.8, 4) is 0 Å². The summed E-state index contributed by atoms with van der Waals surface area (Å²) in [4.78, 5) is 15.2. The van der Waals surface area contributed by atoms with Gasteiger partial charge < -0.3 is 10.6 Å². The first-order valence-electron chi connectivity index (χ1n) is 6.34. The Balaban J connectivity index is 2.10. The summed E-state index contributed by atoms with van der Waals surface area (Å²) in [6, 6.07) is 15.2. The van der Waals surface area contributed by atoms with Crippen LogP contribution >= 0.6 is 11.8 Å². The highest BCUT2D eigenvalue weighted by molar-refractivity contribution is 7.98. The van der Waals surface area contributed by atoms with Gasteiger partial charge in [0.2, 0.25) is 0 Å². The van der Waals surface area contributed by atoms with Crippen LogP contribution in [-0.2, 0) is 6.54 Å². The minimum atomic E-state index is 0.000839. The van der Waals surface area contributed by atoms with E-state index < -0.39 is 0 Å². The second kappa shape index (κ2) is 6.48. The van der Waals surface area contributed by atoms with E-state index in [0.717, 1.165) is 10.5 Å². The number of rotatable bonds is 4. The highest BCUT2D eigenvalue weighted by Gasteiger charge is 2.12. The molecule has 0 heterocycles. The fourth-order valence-electron chi connectivity index (χ4n) is 1.96. The molecular weight excluding hydrogens is 268 g/mol. The van der Waals surface area contributed by atoms with E-state index in [-0.39, 0.29) is 5.91 Å². The van der Waals surface area contributed by atoms with Crippen molar-refractivity contribution in [2.24, 2.45) is 0 Å². The van der Waals surface area contributed by atoms with E-state index in [1.807, 2.05) is 54.8 Å². The summed E-state index contributed by atoms with van der Waals surface area (Å²) in [5.74, 6) is 0.000839. The van der Waals surface area contributed by atoms with Gasteiger partial charge in [-0.25, -0.2) is 0 Å². The average molecular weight is 286 g/mol. The van der Waals surface area contributed by atoms with Crippen molar-refractivity contribution in [3.63, 3.8) is 0 Å². The topological polar surface area (TPSA) is 46.3 Å². The first-order valence-corrected chi connectivity index (χ1v) is 7.57. The Labute approximate surface area is 123 Å². The maximum Gasteiger partial charge on any atom is 0.253 e. The van der Waals surface area contributed by atoms with Crippen LogP contribution < -0.4 is 5.73 Å². The number of benzene rings is 2. The van der Waals surface area contributed by atoms with Gasteiger partial charge in [-0.3, -0.25) is 4.79 Å². The van der Waals surface area contributed by atoms with Crippen LogP contribution in [0.15, 0.2) is 53.4 Å². The standard InChI is InChI=1S/C16H18N2OS/c1-18(11-13-5-3-4-6-15(13)17)16(19)12-7-9-14(20-2)10-8-12/h3-10H,11,17H2,1-2H3. The predicted molar refractivity (Wildman–Crippen MR) is 84.9 cm³/mol. The molecule has 0 aliphatic carbocycles. The lowest BCUT2D eigenvalue weighted by Gasteiger charge is -2.18. The van der Waals surface area contributed by atoms with Gasteiger partial charge >= 0.3 is 0 Å². The molecule has 4 heteroatoms. The molecule has 3 nitrogen and oxygen atoms in total. The van der Waals surface area contributed by atoms with E-state index in [4.69, 9.17) is 5.73 Å². The highest BCUT2D eigenvalue weighted by Crippen LogP contribution is 2.17. The summed E-state index contributed by atoms with van der Waals surface area (Å²) in [7, 11) is 1.79. The fourth-order valence-corrected chi connectivity index (χ4v) is 2.37. The zero-order chi connectivity index (χ0) is 14.5. The Morgan fingerprint density at radius 1 is 1.15 bits per heavy atom. The number of amides is 1. The molecule has 20 heavy (non-hydrogen) atoms. The SMILES string of the molecule is CSc1ccc(C(=O)N(C)Cc2ccccc2N)cc1. The van der Waals surface area contributed by atoms with Gasteiger partial charge in [-0.1, -0.05) is 18.2 Å². The predicted octanol–water partition coefficient (Wildman–Crippen LogP) is 3.26. The van der Waals surface area contributed by atoms with E-state index in [1.54, 1.807) is 23.7 Å². The summed E-state index contributed by atoms with van der Waals surface area (Å²) in [5, 5.41) is 0. The third-order valence-corrected chi connectivity index (χ3v) is 3.89. The van der Waals surface area contributed by atoms with Gasteiger partial charge in [-0.15, -0.1) is 11.8 Å². The summed E-state index contributed by atoms with van der Waals surface area (Å²) >= 11 is 1.66. The molecule has 0 saturated carbocycles. The molecule has 0 atom stereocenters. The molecule has 0 aliphatic heterocycles. The quantitative estimate of drug-likeness (QED) is 0.693. The van der Waals surface area contributed by atoms with Gasteiger partial charge in [0, 0.05) is 29.7 Å². The van der Waals surface area contributed by atoms with Crippen LogP contribution in [0.5, 0.6) is 0 Å². The molecular formula is C16H18N2OS. The number of nitrogens with two attached hydrogens (primary N) is 1. The number of hydrogen-bond donors (Lipinski definition) is 1. The normalized spacial score (nSPS) is 10.3. The molecule has 0 aromatic heterocycles. The number of carbonyl (C=O) groups is 1. The second-order valence-corrected chi connectivity index (χ2v) is 5.47. The first kappa shape index (κ1) is 14.5. The number of nitrogen functional groups attached to an aromatic ring is 1. The summed E-state index contributed by atoms with van der Waals surface area (Å²) < 4.78 is 0. The highest BCUT2D eigenvalue weighted by atomic mass is 32.2. The third-order valence-electron chi connectivity index (χ3n) is 3.15. The number of carbonyl (C=O) groups excluding carboxylic acids is 1. The van der Waals surface area contributed by atoms with Gasteiger partial charge in [0.25, 0.3) is 5.91 Å². The van der Waals surface area contributed by atoms with Crippen LogP contribution in [0, 0.1) is 0 Å². The minimum absolute atomic E-state index is 0.000839. The zero-order valence-corrected chi connectivity index (χ0v) is 12.5. The van der Waals surface area contributed by atoms with Crippen molar-refractivity contribution in [1.82, 2.24) is 4.90 Å². The molecule has 0 radical (unpaired) electrons. The van der Waals surface area contributed by atoms with Gasteiger partial charge in [0.1, 0.15) is 0 Å². The number of anilines is 1. The molecule has 0 bridgehead atoms. The van der Waals surface area contributed by atoms with E-state index in [0.29, 0.717) is 17.8 Å². The summed E-state index contributed by atoms with van der Waals surface area (Å²) in [5.41, 5.74) is 8.27. The lowest BCUT2D eigenvalue weighted by Crippen LogP contribution is -2.26. The van der Waals surface area contributed by atoms with Crippen LogP contribution in [0.2, 0.25) is 0 Å². The van der Waals surface area contributed by atoms with Crippen molar-refractivity contribution >= 4 is 23.4 Å². The van der Waals surface area contributed by atoms with Crippen molar-refractivity contribution in [2.45, 2.75) is 11.4 Å². The minimum Gasteiger partial charge on any atom is -0.398 e. The van der Waals surface area contributed by atoms with Crippen molar-refractivity contribution in [1.29, 1.82) is 0 Å². The lowest BCUT2D eigenvalue weighted by atomic mass is 10.1. The molecule has 0 fully saturated rings. The van der Waals surface area contributed by atoms with Gasteiger partial charge in [0.05, 0.1) is 0 Å². The molecule has 104 valence electrons. The Kier molecular flexibility index (Phi) is 4.69. The maximum absolute atomic E-state index is 12.3. The van der Waals surface area contributed by atoms with E-state index in [9.17, 15) is 4.79 Å². The fraction of sp³-hybridized carbons (Fsp3) is 0.188. The molecule has 2 N–H and O–H groups in total. The van der Waals surface area contributed by atoms with Crippen molar-refractivity contribution in [2.75, 3.05) is 19.0 Å². The Bertz CT molecular complexity index is 596. The molecule has 0 spiro atoms. The average Bonchev–Trinajstić information content (AvgIpc) is 2.49. The van der Waals surface area contributed by atoms with Crippen LogP contribution in [0.3, 0.4) is 0 Å². The second-order valence-electron chi connectivity index (χ2n) is 4.59. The van der Waals surface area contributed by atoms with Crippen LogP contribution in [-0.4, -0.2) is 24.1 Å². The number of para-hydroxylation sites is 1. The van der Waals surface area contributed by atoms with E-state index in [1.165, 1.54) is 0 Å². The summed E-state index contributed by atoms with van der Waals surface area (Å²) in [6.07, 6.45) is 2.02. The Morgan fingerprint density at radius 3 is 2.40 bits per heavy atom. The Morgan fingerprint density at radius 2 is 1.80 bits per heavy atom. The largest absolute Gasteiger partial charge is 0.398 e. The van der Waals surface area contributed by atoms with Crippen LogP contribution in [0.25, 0.3) is 0 Å². The smallest absolute Gasteiger partial charge is 0.253 e. The molecule has 0 aliphatic rings. The van der Waals surface area contributed by atoms with E-state index >= 15 is 0 Å². The van der Waals surface area contributed by atoms with Crippen LogP contribution in [0.4, 0.5) is 5.69 Å². The number of nitrogens with zero attached hydrogens (tertiary/aromatic N) is 1. The van der Waals surface area contributed by atoms with Crippen LogP contribution in [0.1, 0.15) is 15.9 Å². The van der Waals surface area contributed by atoms with Gasteiger partial charge in [-0.05, 0) is 42.2 Å².